The second-order valence-electron chi connectivity index (χ2n) is 9.17. The molecule has 0 radical (unpaired) electrons. The second-order valence-corrected chi connectivity index (χ2v) is 11.2. The zero-order valence-corrected chi connectivity index (χ0v) is 21.7. The SMILES string of the molecule is COc1cccc(CC(=O)Nc2ccc3c(c2)-c2c(c(C(N)=O)nn2-c2ccc(S(C)(=O)=O)cc2)CC3)c1. The van der Waals surface area contributed by atoms with E-state index in [0.29, 0.717) is 35.7 Å². The van der Waals surface area contributed by atoms with E-state index in [1.165, 1.54) is 12.1 Å². The van der Waals surface area contributed by atoms with Crippen molar-refractivity contribution in [2.75, 3.05) is 18.7 Å². The molecule has 1 aromatic heterocycles. The number of primary amides is 1. The van der Waals surface area contributed by atoms with Crippen molar-refractivity contribution in [2.45, 2.75) is 24.2 Å². The van der Waals surface area contributed by atoms with E-state index >= 15 is 0 Å². The molecule has 0 bridgehead atoms. The number of aryl methyl sites for hydroxylation is 1. The summed E-state index contributed by atoms with van der Waals surface area (Å²) in [6.07, 6.45) is 2.57. The molecule has 0 saturated carbocycles. The van der Waals surface area contributed by atoms with Crippen molar-refractivity contribution >= 4 is 27.3 Å². The molecule has 0 fully saturated rings. The van der Waals surface area contributed by atoms with Gasteiger partial charge < -0.3 is 15.8 Å². The number of hydrogen-bond donors (Lipinski definition) is 2. The number of benzene rings is 3. The molecule has 1 aliphatic carbocycles. The Morgan fingerprint density at radius 2 is 1.82 bits per heavy atom. The second kappa shape index (κ2) is 9.79. The van der Waals surface area contributed by atoms with Crippen molar-refractivity contribution in [1.82, 2.24) is 9.78 Å². The summed E-state index contributed by atoms with van der Waals surface area (Å²) in [4.78, 5) is 25.2. The summed E-state index contributed by atoms with van der Waals surface area (Å²) in [5.41, 5.74) is 11.1. The minimum atomic E-state index is -3.37. The maximum absolute atomic E-state index is 12.8. The lowest BCUT2D eigenvalue weighted by Crippen LogP contribution is -2.16. The van der Waals surface area contributed by atoms with Crippen LogP contribution in [0, 0.1) is 0 Å². The third-order valence-electron chi connectivity index (χ3n) is 6.52. The van der Waals surface area contributed by atoms with Gasteiger partial charge in [0.2, 0.25) is 5.91 Å². The van der Waals surface area contributed by atoms with Gasteiger partial charge in [0.05, 0.1) is 29.8 Å². The van der Waals surface area contributed by atoms with Crippen molar-refractivity contribution in [3.63, 3.8) is 0 Å². The molecule has 10 heteroatoms. The number of ether oxygens (including phenoxy) is 1. The molecular weight excluding hydrogens is 504 g/mol. The topological polar surface area (TPSA) is 133 Å². The fourth-order valence-electron chi connectivity index (χ4n) is 4.71. The van der Waals surface area contributed by atoms with Gasteiger partial charge in [0, 0.05) is 23.1 Å². The van der Waals surface area contributed by atoms with Gasteiger partial charge in [0.1, 0.15) is 5.75 Å². The molecule has 194 valence electrons. The maximum Gasteiger partial charge on any atom is 0.269 e. The number of carbonyl (C=O) groups is 2. The van der Waals surface area contributed by atoms with Gasteiger partial charge in [-0.05, 0) is 72.5 Å². The van der Waals surface area contributed by atoms with E-state index < -0.39 is 15.7 Å². The molecule has 1 heterocycles. The molecule has 3 N–H and O–H groups in total. The number of carbonyl (C=O) groups excluding carboxylic acids is 2. The zero-order chi connectivity index (χ0) is 27.0. The number of hydrogen-bond acceptors (Lipinski definition) is 6. The van der Waals surface area contributed by atoms with E-state index in [9.17, 15) is 18.0 Å². The molecular formula is C28H26N4O5S. The molecule has 0 atom stereocenters. The fraction of sp³-hybridized carbons (Fsp3) is 0.179. The van der Waals surface area contributed by atoms with Crippen LogP contribution in [0.4, 0.5) is 5.69 Å². The highest BCUT2D eigenvalue weighted by molar-refractivity contribution is 7.90. The van der Waals surface area contributed by atoms with E-state index in [0.717, 1.165) is 28.5 Å². The number of rotatable bonds is 7. The lowest BCUT2D eigenvalue weighted by atomic mass is 9.88. The highest BCUT2D eigenvalue weighted by Gasteiger charge is 2.28. The van der Waals surface area contributed by atoms with Crippen LogP contribution < -0.4 is 15.8 Å². The van der Waals surface area contributed by atoms with Crippen LogP contribution in [0.25, 0.3) is 16.9 Å². The Kier molecular flexibility index (Phi) is 6.50. The lowest BCUT2D eigenvalue weighted by molar-refractivity contribution is -0.115. The molecule has 9 nitrogen and oxygen atoms in total. The third kappa shape index (κ3) is 4.90. The van der Waals surface area contributed by atoms with Crippen LogP contribution >= 0.6 is 0 Å². The molecule has 4 aromatic rings. The van der Waals surface area contributed by atoms with Crippen LogP contribution in [0.1, 0.15) is 27.2 Å². The van der Waals surface area contributed by atoms with Gasteiger partial charge in [0.15, 0.2) is 15.5 Å². The van der Waals surface area contributed by atoms with Gasteiger partial charge in [-0.1, -0.05) is 18.2 Å². The number of amides is 2. The van der Waals surface area contributed by atoms with Gasteiger partial charge in [0.25, 0.3) is 5.91 Å². The number of anilines is 1. The van der Waals surface area contributed by atoms with Crippen LogP contribution in [0.3, 0.4) is 0 Å². The molecule has 0 saturated heterocycles. The third-order valence-corrected chi connectivity index (χ3v) is 7.65. The summed E-state index contributed by atoms with van der Waals surface area (Å²) in [6.45, 7) is 0. The quantitative estimate of drug-likeness (QED) is 0.377. The minimum absolute atomic E-state index is 0.172. The van der Waals surface area contributed by atoms with Crippen molar-refractivity contribution in [3.05, 3.63) is 89.1 Å². The van der Waals surface area contributed by atoms with E-state index in [1.807, 2.05) is 42.5 Å². The molecule has 0 aliphatic heterocycles. The highest BCUT2D eigenvalue weighted by Crippen LogP contribution is 2.38. The molecule has 38 heavy (non-hydrogen) atoms. The largest absolute Gasteiger partial charge is 0.497 e. The Balaban J connectivity index is 1.52. The van der Waals surface area contributed by atoms with Crippen LogP contribution in [0.5, 0.6) is 5.75 Å². The predicted octanol–water partition coefficient (Wildman–Crippen LogP) is 3.33. The summed E-state index contributed by atoms with van der Waals surface area (Å²) in [5, 5.41) is 7.46. The monoisotopic (exact) mass is 530 g/mol. The molecule has 0 unspecified atom stereocenters. The normalized spacial score (nSPS) is 12.4. The summed E-state index contributed by atoms with van der Waals surface area (Å²) in [5.74, 6) is -0.143. The highest BCUT2D eigenvalue weighted by atomic mass is 32.2. The van der Waals surface area contributed by atoms with E-state index in [1.54, 1.807) is 23.9 Å². The van der Waals surface area contributed by atoms with E-state index in [2.05, 4.69) is 10.4 Å². The lowest BCUT2D eigenvalue weighted by Gasteiger charge is -2.20. The van der Waals surface area contributed by atoms with Crippen molar-refractivity contribution in [3.8, 4) is 22.7 Å². The van der Waals surface area contributed by atoms with Crippen molar-refractivity contribution in [2.24, 2.45) is 5.73 Å². The summed E-state index contributed by atoms with van der Waals surface area (Å²) < 4.78 is 30.7. The number of aromatic nitrogens is 2. The summed E-state index contributed by atoms with van der Waals surface area (Å²) in [7, 11) is -1.79. The maximum atomic E-state index is 12.8. The Labute approximate surface area is 220 Å². The summed E-state index contributed by atoms with van der Waals surface area (Å²) in [6, 6.07) is 19.3. The van der Waals surface area contributed by atoms with Crippen LogP contribution in [-0.2, 0) is 33.9 Å². The Hall–Kier alpha value is -4.44. The smallest absolute Gasteiger partial charge is 0.269 e. The first-order chi connectivity index (χ1) is 18.1. The Bertz CT molecular complexity index is 1670. The predicted molar refractivity (Wildman–Crippen MR) is 143 cm³/mol. The average Bonchev–Trinajstić information content (AvgIpc) is 3.29. The number of nitrogens with two attached hydrogens (primary N) is 1. The summed E-state index contributed by atoms with van der Waals surface area (Å²) >= 11 is 0. The minimum Gasteiger partial charge on any atom is -0.497 e. The van der Waals surface area contributed by atoms with Crippen molar-refractivity contribution < 1.29 is 22.7 Å². The van der Waals surface area contributed by atoms with Gasteiger partial charge in [-0.25, -0.2) is 13.1 Å². The van der Waals surface area contributed by atoms with Gasteiger partial charge in [-0.15, -0.1) is 0 Å². The van der Waals surface area contributed by atoms with Crippen LogP contribution in [0.2, 0.25) is 0 Å². The molecule has 2 amide bonds. The van der Waals surface area contributed by atoms with Gasteiger partial charge >= 0.3 is 0 Å². The number of fused-ring (bicyclic) bond motifs is 3. The first kappa shape index (κ1) is 25.2. The Morgan fingerprint density at radius 3 is 2.50 bits per heavy atom. The van der Waals surface area contributed by atoms with E-state index in [4.69, 9.17) is 10.5 Å². The Morgan fingerprint density at radius 1 is 1.05 bits per heavy atom. The van der Waals surface area contributed by atoms with Crippen molar-refractivity contribution in [1.29, 1.82) is 0 Å². The fourth-order valence-corrected chi connectivity index (χ4v) is 5.34. The number of sulfone groups is 1. The average molecular weight is 531 g/mol. The van der Waals surface area contributed by atoms with Crippen LogP contribution in [0.15, 0.2) is 71.6 Å². The van der Waals surface area contributed by atoms with E-state index in [-0.39, 0.29) is 22.9 Å². The van der Waals surface area contributed by atoms with Gasteiger partial charge in [-0.2, -0.15) is 5.10 Å². The standard InChI is InChI=1S/C28H26N4O5S/c1-37-21-5-3-4-17(14-21)15-25(33)30-19-8-6-18-7-13-23-26(28(29)34)31-32(27(23)24(18)16-19)20-9-11-22(12-10-20)38(2,35)36/h3-6,8-12,14,16H,7,13,15H2,1-2H3,(H2,29,34)(H,30,33). The molecule has 5 rings (SSSR count). The zero-order valence-electron chi connectivity index (χ0n) is 20.9. The molecule has 0 spiro atoms. The first-order valence-corrected chi connectivity index (χ1v) is 13.8. The number of nitrogens with one attached hydrogen (secondary N) is 1. The van der Waals surface area contributed by atoms with Gasteiger partial charge in [-0.3, -0.25) is 9.59 Å². The number of methoxy groups -OCH3 is 1. The molecule has 3 aromatic carbocycles. The van der Waals surface area contributed by atoms with Crippen LogP contribution in [-0.4, -0.2) is 43.4 Å². The first-order valence-electron chi connectivity index (χ1n) is 11.9. The molecule has 1 aliphatic rings. The number of nitrogens with zero attached hydrogens (tertiary/aromatic N) is 2.